The number of hydrogen-bond donors (Lipinski definition) is 2. The highest BCUT2D eigenvalue weighted by Crippen LogP contribution is 1.85. The van der Waals surface area contributed by atoms with E-state index in [1.54, 1.807) is 0 Å². The Balaban J connectivity index is 4.14. The third-order valence-corrected chi connectivity index (χ3v) is 1.66. The number of hydrogen-bond acceptors (Lipinski definition) is 3. The summed E-state index contributed by atoms with van der Waals surface area (Å²) in [5.41, 5.74) is 10.6. The second-order valence-electron chi connectivity index (χ2n) is 2.97. The largest absolute Gasteiger partial charge is 0.320 e. The van der Waals surface area contributed by atoms with E-state index < -0.39 is 0 Å². The SMILES string of the molecule is CCC#CCN(CC#CCN)CC#CCN. The summed E-state index contributed by atoms with van der Waals surface area (Å²) >= 11 is 0. The van der Waals surface area contributed by atoms with Crippen molar-refractivity contribution in [3.63, 3.8) is 0 Å². The van der Waals surface area contributed by atoms with Crippen molar-refractivity contribution in [2.45, 2.75) is 13.3 Å². The zero-order valence-electron chi connectivity index (χ0n) is 9.84. The van der Waals surface area contributed by atoms with Gasteiger partial charge in [0.25, 0.3) is 0 Å². The van der Waals surface area contributed by atoms with E-state index in [1.807, 2.05) is 6.92 Å². The van der Waals surface area contributed by atoms with Crippen molar-refractivity contribution in [2.24, 2.45) is 11.5 Å². The Labute approximate surface area is 98.6 Å². The standard InChI is InChI=1S/C13H19N3/c1-2-3-6-11-16(12-7-4-9-14)13-8-5-10-15/h2,9-15H2,1H3. The maximum atomic E-state index is 5.29. The highest BCUT2D eigenvalue weighted by molar-refractivity contribution is 5.09. The fraction of sp³-hybridized carbons (Fsp3) is 0.538. The smallest absolute Gasteiger partial charge is 0.0619 e. The number of nitrogens with two attached hydrogens (primary N) is 2. The molecule has 0 aromatic rings. The molecule has 0 bridgehead atoms. The van der Waals surface area contributed by atoms with Gasteiger partial charge in [0.05, 0.1) is 32.7 Å². The van der Waals surface area contributed by atoms with Crippen LogP contribution in [0.25, 0.3) is 0 Å². The van der Waals surface area contributed by atoms with Crippen molar-refractivity contribution in [2.75, 3.05) is 32.7 Å². The summed E-state index contributed by atoms with van der Waals surface area (Å²) < 4.78 is 0. The van der Waals surface area contributed by atoms with Crippen LogP contribution in [-0.4, -0.2) is 37.6 Å². The molecule has 86 valence electrons. The van der Waals surface area contributed by atoms with Gasteiger partial charge in [-0.1, -0.05) is 36.5 Å². The third-order valence-electron chi connectivity index (χ3n) is 1.66. The van der Waals surface area contributed by atoms with Crippen LogP contribution in [0.3, 0.4) is 0 Å². The van der Waals surface area contributed by atoms with Gasteiger partial charge in [-0.25, -0.2) is 0 Å². The van der Waals surface area contributed by atoms with E-state index in [2.05, 4.69) is 40.4 Å². The first kappa shape index (κ1) is 14.6. The zero-order chi connectivity index (χ0) is 12.1. The predicted octanol–water partition coefficient (Wildman–Crippen LogP) is -0.374. The molecule has 0 heterocycles. The highest BCUT2D eigenvalue weighted by Gasteiger charge is 1.97. The second kappa shape index (κ2) is 11.6. The molecule has 16 heavy (non-hydrogen) atoms. The van der Waals surface area contributed by atoms with Crippen molar-refractivity contribution >= 4 is 0 Å². The van der Waals surface area contributed by atoms with Crippen LogP contribution in [-0.2, 0) is 0 Å². The maximum absolute atomic E-state index is 5.29. The Kier molecular flexibility index (Phi) is 10.6. The summed E-state index contributed by atoms with van der Waals surface area (Å²) in [5.74, 6) is 17.7. The van der Waals surface area contributed by atoms with E-state index in [9.17, 15) is 0 Å². The molecular weight excluding hydrogens is 198 g/mol. The molecule has 4 N–H and O–H groups in total. The molecule has 3 heteroatoms. The maximum Gasteiger partial charge on any atom is 0.0619 e. The van der Waals surface area contributed by atoms with E-state index in [1.165, 1.54) is 0 Å². The summed E-state index contributed by atoms with van der Waals surface area (Å²) in [7, 11) is 0. The lowest BCUT2D eigenvalue weighted by atomic mass is 10.4. The van der Waals surface area contributed by atoms with Gasteiger partial charge >= 0.3 is 0 Å². The minimum Gasteiger partial charge on any atom is -0.320 e. The zero-order valence-corrected chi connectivity index (χ0v) is 9.84. The predicted molar refractivity (Wildman–Crippen MR) is 68.2 cm³/mol. The van der Waals surface area contributed by atoms with Crippen LogP contribution in [0.4, 0.5) is 0 Å². The van der Waals surface area contributed by atoms with Gasteiger partial charge in [-0.05, 0) is 0 Å². The van der Waals surface area contributed by atoms with Crippen LogP contribution in [0.2, 0.25) is 0 Å². The van der Waals surface area contributed by atoms with Gasteiger partial charge in [0.2, 0.25) is 0 Å². The van der Waals surface area contributed by atoms with Crippen LogP contribution < -0.4 is 11.5 Å². The number of rotatable bonds is 3. The van der Waals surface area contributed by atoms with Gasteiger partial charge in [-0.15, -0.1) is 5.92 Å². The van der Waals surface area contributed by atoms with Crippen LogP contribution >= 0.6 is 0 Å². The van der Waals surface area contributed by atoms with Crippen LogP contribution in [0.15, 0.2) is 0 Å². The van der Waals surface area contributed by atoms with Crippen molar-refractivity contribution in [1.82, 2.24) is 4.90 Å². The van der Waals surface area contributed by atoms with E-state index in [0.717, 1.165) is 6.42 Å². The average molecular weight is 217 g/mol. The van der Waals surface area contributed by atoms with Gasteiger partial charge in [0.15, 0.2) is 0 Å². The van der Waals surface area contributed by atoms with Crippen molar-refractivity contribution < 1.29 is 0 Å². The second-order valence-corrected chi connectivity index (χ2v) is 2.97. The Morgan fingerprint density at radius 3 is 1.56 bits per heavy atom. The average Bonchev–Trinajstić information content (AvgIpc) is 2.29. The molecule has 0 saturated carbocycles. The first-order valence-electron chi connectivity index (χ1n) is 5.34. The Morgan fingerprint density at radius 1 is 0.750 bits per heavy atom. The van der Waals surface area contributed by atoms with Crippen molar-refractivity contribution in [1.29, 1.82) is 0 Å². The monoisotopic (exact) mass is 217 g/mol. The molecule has 0 radical (unpaired) electrons. The van der Waals surface area contributed by atoms with Gasteiger partial charge < -0.3 is 11.5 Å². The van der Waals surface area contributed by atoms with Crippen LogP contribution in [0.1, 0.15) is 13.3 Å². The molecule has 0 aromatic heterocycles. The molecule has 0 fully saturated rings. The molecule has 0 rings (SSSR count). The molecule has 0 aliphatic carbocycles. The van der Waals surface area contributed by atoms with Gasteiger partial charge in [0, 0.05) is 6.42 Å². The van der Waals surface area contributed by atoms with Gasteiger partial charge in [-0.2, -0.15) is 0 Å². The summed E-state index contributed by atoms with van der Waals surface area (Å²) in [5, 5.41) is 0. The first-order valence-corrected chi connectivity index (χ1v) is 5.34. The molecule has 0 spiro atoms. The van der Waals surface area contributed by atoms with Gasteiger partial charge in [-0.3, -0.25) is 4.90 Å². The Bertz CT molecular complexity index is 284. The molecule has 3 nitrogen and oxygen atoms in total. The minimum atomic E-state index is 0.392. The first-order chi connectivity index (χ1) is 7.85. The van der Waals surface area contributed by atoms with E-state index in [0.29, 0.717) is 32.7 Å². The molecule has 0 amide bonds. The lowest BCUT2D eigenvalue weighted by molar-refractivity contribution is 0.390. The van der Waals surface area contributed by atoms with Crippen molar-refractivity contribution in [3.8, 4) is 35.5 Å². The summed E-state index contributed by atoms with van der Waals surface area (Å²) in [6.45, 7) is 4.79. The topological polar surface area (TPSA) is 55.3 Å². The van der Waals surface area contributed by atoms with E-state index >= 15 is 0 Å². The summed E-state index contributed by atoms with van der Waals surface area (Å²) in [6, 6.07) is 0. The Morgan fingerprint density at radius 2 is 1.19 bits per heavy atom. The number of nitrogens with zero attached hydrogens (tertiary/aromatic N) is 1. The lowest BCUT2D eigenvalue weighted by Crippen LogP contribution is -2.25. The lowest BCUT2D eigenvalue weighted by Gasteiger charge is -2.12. The van der Waals surface area contributed by atoms with Crippen LogP contribution in [0, 0.1) is 35.5 Å². The fourth-order valence-electron chi connectivity index (χ4n) is 0.940. The van der Waals surface area contributed by atoms with E-state index in [4.69, 9.17) is 11.5 Å². The quantitative estimate of drug-likeness (QED) is 0.634. The molecule has 0 atom stereocenters. The molecule has 0 unspecified atom stereocenters. The summed E-state index contributed by atoms with van der Waals surface area (Å²) in [4.78, 5) is 2.06. The molecule has 0 aliphatic rings. The normalized spacial score (nSPS) is 8.25. The fourth-order valence-corrected chi connectivity index (χ4v) is 0.940. The van der Waals surface area contributed by atoms with E-state index in [-0.39, 0.29) is 0 Å². The Hall–Kier alpha value is -1.44. The van der Waals surface area contributed by atoms with Crippen molar-refractivity contribution in [3.05, 3.63) is 0 Å². The van der Waals surface area contributed by atoms with Crippen LogP contribution in [0.5, 0.6) is 0 Å². The molecular formula is C13H19N3. The minimum absolute atomic E-state index is 0.392. The summed E-state index contributed by atoms with van der Waals surface area (Å²) in [6.07, 6.45) is 0.872. The van der Waals surface area contributed by atoms with Gasteiger partial charge in [0.1, 0.15) is 0 Å². The molecule has 0 saturated heterocycles. The molecule has 0 aliphatic heterocycles. The molecule has 0 aromatic carbocycles. The highest BCUT2D eigenvalue weighted by atomic mass is 15.1. The third kappa shape index (κ3) is 9.13.